The van der Waals surface area contributed by atoms with Gasteiger partial charge in [-0.25, -0.2) is 9.59 Å². The summed E-state index contributed by atoms with van der Waals surface area (Å²) in [5.41, 5.74) is -6.86. The van der Waals surface area contributed by atoms with E-state index in [0.29, 0.717) is 5.56 Å². The minimum atomic E-state index is -2.35. The molecule has 8 unspecified atom stereocenters. The van der Waals surface area contributed by atoms with Crippen molar-refractivity contribution in [2.75, 3.05) is 6.61 Å². The number of ether oxygens (including phenoxy) is 4. The molecule has 0 radical (unpaired) electrons. The van der Waals surface area contributed by atoms with Gasteiger partial charge in [-0.05, 0) is 54.8 Å². The van der Waals surface area contributed by atoms with Crippen LogP contribution in [0.4, 0.5) is 0 Å². The average molecular weight is 812 g/mol. The Balaban J connectivity index is 1.34. The van der Waals surface area contributed by atoms with Crippen molar-refractivity contribution in [2.24, 2.45) is 16.7 Å². The lowest BCUT2D eigenvalue weighted by Crippen LogP contribution is -2.81. The van der Waals surface area contributed by atoms with Crippen LogP contribution in [0.15, 0.2) is 102 Å². The molecule has 1 aliphatic heterocycles. The van der Waals surface area contributed by atoms with E-state index in [0.717, 1.165) is 6.92 Å². The molecule has 14 heteroatoms. The van der Waals surface area contributed by atoms with Crippen LogP contribution in [0, 0.1) is 16.7 Å². The number of hydrogen-bond donors (Lipinski definition) is 5. The lowest BCUT2D eigenvalue weighted by molar-refractivity contribution is -0.346. The molecule has 14 nitrogen and oxygen atoms in total. The number of fused-ring (bicyclic) bond motifs is 5. The van der Waals surface area contributed by atoms with Gasteiger partial charge < -0.3 is 44.7 Å². The molecule has 0 aromatic heterocycles. The number of carbonyl (C=O) groups excluding carboxylic acids is 5. The Morgan fingerprint density at radius 1 is 0.864 bits per heavy atom. The van der Waals surface area contributed by atoms with Crippen molar-refractivity contribution in [2.45, 2.75) is 101 Å². The van der Waals surface area contributed by atoms with Gasteiger partial charge in [0.05, 0.1) is 35.6 Å². The number of benzene rings is 3. The van der Waals surface area contributed by atoms with E-state index >= 15 is 0 Å². The van der Waals surface area contributed by atoms with Crippen LogP contribution in [-0.4, -0.2) is 104 Å². The van der Waals surface area contributed by atoms with Crippen molar-refractivity contribution in [3.8, 4) is 0 Å². The van der Waals surface area contributed by atoms with Crippen LogP contribution in [0.5, 0.6) is 0 Å². The number of ketones is 1. The predicted molar refractivity (Wildman–Crippen MR) is 208 cm³/mol. The number of esters is 3. The highest BCUT2D eigenvalue weighted by Gasteiger charge is 2.78. The zero-order chi connectivity index (χ0) is 42.7. The smallest absolute Gasteiger partial charge is 0.338 e. The number of aliphatic hydroxyl groups is 4. The van der Waals surface area contributed by atoms with Crippen molar-refractivity contribution < 1.29 is 63.3 Å². The molecule has 2 saturated carbocycles. The van der Waals surface area contributed by atoms with E-state index in [2.05, 4.69) is 5.32 Å². The third kappa shape index (κ3) is 6.76. The van der Waals surface area contributed by atoms with E-state index in [1.807, 2.05) is 0 Å². The molecule has 7 rings (SSSR count). The maximum atomic E-state index is 15.0. The summed E-state index contributed by atoms with van der Waals surface area (Å²) in [6.45, 7) is 6.89. The summed E-state index contributed by atoms with van der Waals surface area (Å²) < 4.78 is 24.2. The highest BCUT2D eigenvalue weighted by atomic mass is 16.6. The Morgan fingerprint density at radius 3 is 2.00 bits per heavy atom. The van der Waals surface area contributed by atoms with Gasteiger partial charge in [0.2, 0.25) is 0 Å². The fraction of sp³-hybridized carbons (Fsp3) is 0.444. The third-order valence-corrected chi connectivity index (χ3v) is 13.2. The van der Waals surface area contributed by atoms with Gasteiger partial charge in [-0.15, -0.1) is 0 Å². The second kappa shape index (κ2) is 15.4. The fourth-order valence-corrected chi connectivity index (χ4v) is 9.94. The molecule has 0 spiro atoms. The zero-order valence-electron chi connectivity index (χ0n) is 33.4. The molecule has 3 fully saturated rings. The minimum Gasteiger partial charge on any atom is -0.456 e. The lowest BCUT2D eigenvalue weighted by Gasteiger charge is -2.67. The topological polar surface area (TPSA) is 215 Å². The second-order valence-corrected chi connectivity index (χ2v) is 16.8. The number of aliphatic hydroxyl groups excluding tert-OH is 3. The van der Waals surface area contributed by atoms with Gasteiger partial charge in [0.1, 0.15) is 30.0 Å². The van der Waals surface area contributed by atoms with E-state index in [1.165, 1.54) is 26.0 Å². The van der Waals surface area contributed by atoms with E-state index in [9.17, 15) is 44.4 Å². The monoisotopic (exact) mass is 811 g/mol. The van der Waals surface area contributed by atoms with Gasteiger partial charge >= 0.3 is 17.9 Å². The van der Waals surface area contributed by atoms with Crippen LogP contribution in [0.3, 0.4) is 0 Å². The molecule has 5 N–H and O–H groups in total. The quantitative estimate of drug-likeness (QED) is 0.120. The van der Waals surface area contributed by atoms with E-state index in [4.69, 9.17) is 18.9 Å². The summed E-state index contributed by atoms with van der Waals surface area (Å²) in [6, 6.07) is 23.1. The van der Waals surface area contributed by atoms with Crippen LogP contribution in [0.1, 0.15) is 79.8 Å². The van der Waals surface area contributed by atoms with E-state index in [1.54, 1.807) is 92.7 Å². The first-order valence-corrected chi connectivity index (χ1v) is 19.6. The summed E-state index contributed by atoms with van der Waals surface area (Å²) in [7, 11) is 0. The largest absolute Gasteiger partial charge is 0.456 e. The molecule has 312 valence electrons. The maximum absolute atomic E-state index is 15.0. The van der Waals surface area contributed by atoms with Crippen LogP contribution in [0.25, 0.3) is 0 Å². The zero-order valence-corrected chi connectivity index (χ0v) is 33.4. The molecule has 3 aromatic rings. The first-order valence-electron chi connectivity index (χ1n) is 19.6. The Hall–Kier alpha value is -5.25. The van der Waals surface area contributed by atoms with Gasteiger partial charge in [0, 0.05) is 30.7 Å². The number of rotatable bonds is 9. The molecule has 1 heterocycles. The van der Waals surface area contributed by atoms with Gasteiger partial charge in [-0.2, -0.15) is 0 Å². The maximum Gasteiger partial charge on any atom is 0.338 e. The first-order chi connectivity index (χ1) is 27.9. The predicted octanol–water partition coefficient (Wildman–Crippen LogP) is 3.16. The van der Waals surface area contributed by atoms with Crippen molar-refractivity contribution in [1.29, 1.82) is 0 Å². The number of hydrogen-bond acceptors (Lipinski definition) is 13. The second-order valence-electron chi connectivity index (χ2n) is 16.8. The summed E-state index contributed by atoms with van der Waals surface area (Å²) in [6.07, 6.45) is -10.5. The molecular weight excluding hydrogens is 762 g/mol. The molecule has 2 bridgehead atoms. The Labute approximate surface area is 341 Å². The molecule has 4 aliphatic rings. The molecular formula is C45H49NO13. The summed E-state index contributed by atoms with van der Waals surface area (Å²) in [5, 5.41) is 51.9. The number of nitrogens with one attached hydrogen (secondary N) is 1. The molecule has 3 aliphatic carbocycles. The van der Waals surface area contributed by atoms with Gasteiger partial charge in [0.15, 0.2) is 17.5 Å². The van der Waals surface area contributed by atoms with Crippen LogP contribution >= 0.6 is 0 Å². The average Bonchev–Trinajstić information content (AvgIpc) is 3.21. The van der Waals surface area contributed by atoms with E-state index in [-0.39, 0.29) is 35.3 Å². The lowest BCUT2D eigenvalue weighted by atomic mass is 9.44. The van der Waals surface area contributed by atoms with Crippen molar-refractivity contribution in [3.63, 3.8) is 0 Å². The molecule has 11 atom stereocenters. The van der Waals surface area contributed by atoms with Crippen LogP contribution < -0.4 is 5.32 Å². The molecule has 59 heavy (non-hydrogen) atoms. The Morgan fingerprint density at radius 2 is 1.44 bits per heavy atom. The third-order valence-electron chi connectivity index (χ3n) is 13.2. The van der Waals surface area contributed by atoms with Gasteiger partial charge in [-0.3, -0.25) is 14.4 Å². The fourth-order valence-electron chi connectivity index (χ4n) is 9.94. The molecule has 1 amide bonds. The minimum absolute atomic E-state index is 0.0540. The molecule has 1 saturated heterocycles. The first kappa shape index (κ1) is 41.9. The van der Waals surface area contributed by atoms with Gasteiger partial charge in [-0.1, -0.05) is 80.6 Å². The van der Waals surface area contributed by atoms with Crippen LogP contribution in [0.2, 0.25) is 0 Å². The van der Waals surface area contributed by atoms with Crippen LogP contribution in [-0.2, 0) is 33.3 Å². The number of Topliss-reactive ketones (excluding diaryl/α,β-unsaturated/α-hetero) is 1. The Bertz CT molecular complexity index is 2160. The number of carbonyl (C=O) groups is 5. The van der Waals surface area contributed by atoms with Crippen molar-refractivity contribution in [3.05, 3.63) is 119 Å². The summed E-state index contributed by atoms with van der Waals surface area (Å²) >= 11 is 0. The van der Waals surface area contributed by atoms with Crippen molar-refractivity contribution in [1.82, 2.24) is 5.32 Å². The number of amides is 1. The van der Waals surface area contributed by atoms with E-state index < -0.39 is 107 Å². The Kier molecular flexibility index (Phi) is 10.9. The van der Waals surface area contributed by atoms with Gasteiger partial charge in [0.25, 0.3) is 5.91 Å². The summed E-state index contributed by atoms with van der Waals surface area (Å²) in [4.78, 5) is 69.5. The standard InChI is InChI=1S/C45H49NO13/c1-24-29(57-41(54)35(50)33(26-15-9-6-10-16-26)46-39(52)27-17-11-7-12-18-27)22-45(55)38(58-40(53)28-19-13-8-14-20-28)36-43(5,37(51)34(49)32(24)42(45,3)4)30(48)21-31-44(36,23-56-31)59-25(2)47/h6-20,29-31,33-36,38,48-50,55H,21-23H2,1-5H3,(H,46,52)/t29?,30?,31?,33?,34?,35?,36?,38?,43-,44+,45+/m1/s1. The van der Waals surface area contributed by atoms with Crippen molar-refractivity contribution >= 4 is 29.6 Å². The SMILES string of the molecule is CC(=O)O[C@@]12COC1CC(O)[C@@]1(C)C(=O)C(O)C3=C(C)C(OC(=O)C(O)C(NC(=O)c4ccccc4)c4ccccc4)C[C@](O)(C(OC(=O)c4ccccc4)C21)C3(C)C. The molecule has 3 aromatic carbocycles. The highest BCUT2D eigenvalue weighted by Crippen LogP contribution is 2.64. The normalized spacial score (nSPS) is 33.0. The summed E-state index contributed by atoms with van der Waals surface area (Å²) in [5.74, 6) is -5.89. The highest BCUT2D eigenvalue weighted by molar-refractivity contribution is 5.95.